The average Bonchev–Trinajstić information content (AvgIpc) is 3.18. The molecule has 0 unspecified atom stereocenters. The molecule has 0 radical (unpaired) electrons. The topological polar surface area (TPSA) is 150 Å². The van der Waals surface area contributed by atoms with E-state index in [1.54, 1.807) is 0 Å². The van der Waals surface area contributed by atoms with Gasteiger partial charge < -0.3 is 18.9 Å². The van der Waals surface area contributed by atoms with Gasteiger partial charge in [0.15, 0.2) is 11.3 Å². The number of H-pyrrole nitrogens is 1. The van der Waals surface area contributed by atoms with Crippen LogP contribution in [0.2, 0.25) is 0 Å². The molecule has 13 heteroatoms. The number of alkyl halides is 1. The van der Waals surface area contributed by atoms with Gasteiger partial charge in [-0.3, -0.25) is 5.10 Å². The Morgan fingerprint density at radius 1 is 0.933 bits per heavy atom. The van der Waals surface area contributed by atoms with E-state index < -0.39 is 0 Å². The second-order valence-corrected chi connectivity index (χ2v) is 10.9. The van der Waals surface area contributed by atoms with Crippen LogP contribution in [-0.4, -0.2) is 43.8 Å². The lowest BCUT2D eigenvalue weighted by Gasteiger charge is -2.05. The predicted octanol–water partition coefficient (Wildman–Crippen LogP) is 4.41. The molecule has 0 bridgehead atoms. The second kappa shape index (κ2) is 12.1. The predicted molar refractivity (Wildman–Crippen MR) is 147 cm³/mol. The number of fused-ring (bicyclic) bond motifs is 2. The highest BCUT2D eigenvalue weighted by Crippen LogP contribution is 2.24. The highest BCUT2D eigenvalue weighted by atomic mass is 127. The van der Waals surface area contributed by atoms with E-state index in [1.807, 2.05) is 4.68 Å². The van der Waals surface area contributed by atoms with Gasteiger partial charge in [-0.25, -0.2) is 24.6 Å². The van der Waals surface area contributed by atoms with Gasteiger partial charge in [0, 0.05) is 9.97 Å². The van der Waals surface area contributed by atoms with Gasteiger partial charge in [0.1, 0.15) is 31.7 Å². The van der Waals surface area contributed by atoms with Gasteiger partial charge in [-0.05, 0) is 59.0 Å². The van der Waals surface area contributed by atoms with Gasteiger partial charge >= 0.3 is 0 Å². The fraction of sp³-hybridized carbons (Fsp3) is 0.353. The Morgan fingerprint density at radius 3 is 2.00 bits per heavy atom. The highest BCUT2D eigenvalue weighted by Gasteiger charge is 2.14. The SMILES string of the molecule is CC(C)I.CC(C)n1nc(I)c2c(N)ncnc21.Nc1ncnc2n[nH]c(I)c12.[CH3-]. The van der Waals surface area contributed by atoms with E-state index in [0.29, 0.717) is 17.3 Å². The molecular weight excluding hydrogens is 725 g/mol. The van der Waals surface area contributed by atoms with E-state index in [1.165, 1.54) is 12.7 Å². The van der Waals surface area contributed by atoms with E-state index in [9.17, 15) is 0 Å². The van der Waals surface area contributed by atoms with Crippen molar-refractivity contribution in [3.8, 4) is 0 Å². The van der Waals surface area contributed by atoms with E-state index in [-0.39, 0.29) is 13.5 Å². The highest BCUT2D eigenvalue weighted by molar-refractivity contribution is 14.1. The number of nitrogens with zero attached hydrogens (tertiary/aromatic N) is 7. The summed E-state index contributed by atoms with van der Waals surface area (Å²) in [5.74, 6) is 0.958. The van der Waals surface area contributed by atoms with Crippen molar-refractivity contribution in [3.63, 3.8) is 0 Å². The lowest BCUT2D eigenvalue weighted by Crippen LogP contribution is -2.04. The summed E-state index contributed by atoms with van der Waals surface area (Å²) in [4.78, 5) is 15.9. The minimum atomic E-state index is 0. The number of anilines is 2. The van der Waals surface area contributed by atoms with Gasteiger partial charge in [0.05, 0.1) is 10.8 Å². The molecule has 0 aliphatic rings. The molecule has 30 heavy (non-hydrogen) atoms. The van der Waals surface area contributed by atoms with Crippen LogP contribution in [-0.2, 0) is 0 Å². The molecule has 5 N–H and O–H groups in total. The van der Waals surface area contributed by atoms with Crippen LogP contribution >= 0.6 is 67.8 Å². The lowest BCUT2D eigenvalue weighted by atomic mass is 10.3. The molecule has 0 saturated carbocycles. The average molecular weight is 749 g/mol. The molecule has 0 aliphatic carbocycles. The molecule has 10 nitrogen and oxygen atoms in total. The van der Waals surface area contributed by atoms with Crippen molar-refractivity contribution in [2.75, 3.05) is 11.5 Å². The fourth-order valence-electron chi connectivity index (χ4n) is 2.16. The Morgan fingerprint density at radius 2 is 1.47 bits per heavy atom. The molecule has 164 valence electrons. The molecule has 4 heterocycles. The molecule has 0 aliphatic heterocycles. The molecule has 4 aromatic heterocycles. The first-order chi connectivity index (χ1) is 13.6. The maximum atomic E-state index is 5.76. The van der Waals surface area contributed by atoms with Crippen molar-refractivity contribution in [1.82, 2.24) is 39.9 Å². The van der Waals surface area contributed by atoms with E-state index in [4.69, 9.17) is 11.5 Å². The maximum absolute atomic E-state index is 5.76. The summed E-state index contributed by atoms with van der Waals surface area (Å²) < 4.78 is 4.38. The van der Waals surface area contributed by atoms with Crippen LogP contribution in [0.4, 0.5) is 11.6 Å². The molecule has 0 saturated heterocycles. The summed E-state index contributed by atoms with van der Waals surface area (Å²) in [6, 6.07) is 0.273. The zero-order valence-corrected chi connectivity index (χ0v) is 23.7. The normalized spacial score (nSPS) is 10.4. The summed E-state index contributed by atoms with van der Waals surface area (Å²) in [5.41, 5.74) is 12.8. The van der Waals surface area contributed by atoms with Crippen LogP contribution < -0.4 is 11.5 Å². The molecule has 0 fully saturated rings. The van der Waals surface area contributed by atoms with Crippen LogP contribution in [0, 0.1) is 14.8 Å². The lowest BCUT2D eigenvalue weighted by molar-refractivity contribution is 0.543. The molecule has 0 amide bonds. The van der Waals surface area contributed by atoms with Crippen molar-refractivity contribution in [2.45, 2.75) is 37.7 Å². The van der Waals surface area contributed by atoms with E-state index in [2.05, 4.69) is 131 Å². The van der Waals surface area contributed by atoms with Crippen LogP contribution in [0.3, 0.4) is 0 Å². The minimum Gasteiger partial charge on any atom is -0.383 e. The smallest absolute Gasteiger partial charge is 0.187 e. The number of hydrogen-bond acceptors (Lipinski definition) is 8. The van der Waals surface area contributed by atoms with Gasteiger partial charge in [0.25, 0.3) is 0 Å². The van der Waals surface area contributed by atoms with Gasteiger partial charge in [-0.2, -0.15) is 10.2 Å². The summed E-state index contributed by atoms with van der Waals surface area (Å²) in [5, 5.41) is 12.7. The van der Waals surface area contributed by atoms with E-state index >= 15 is 0 Å². The van der Waals surface area contributed by atoms with Gasteiger partial charge in [-0.1, -0.05) is 36.4 Å². The third-order valence-corrected chi connectivity index (χ3v) is 4.84. The summed E-state index contributed by atoms with van der Waals surface area (Å²) in [6.07, 6.45) is 2.86. The number of aromatic amines is 1. The molecule has 4 aromatic rings. The van der Waals surface area contributed by atoms with E-state index in [0.717, 1.165) is 27.7 Å². The molecule has 0 atom stereocenters. The standard InChI is InChI=1S/C8H10IN5.C5H4IN5.C3H7I.CH3/c1-4(2)14-8-5(6(9)13-14)7(10)11-3-12-8;6-3-2-4(7)8-1-9-5(2)11-10-3;1-3(2)4;/h3-4H,1-2H3,(H2,10,11,12);1H,(H3,7,8,9,10,11);3H,1-2H3;1H3/q;;;-1. The first-order valence-electron chi connectivity index (χ1n) is 8.51. The zero-order chi connectivity index (χ0) is 21.7. The van der Waals surface area contributed by atoms with Gasteiger partial charge in [0.2, 0.25) is 0 Å². The molecule has 4 rings (SSSR count). The third-order valence-electron chi connectivity index (χ3n) is 3.30. The number of halogens is 3. The number of aromatic nitrogens is 8. The van der Waals surface area contributed by atoms with Crippen molar-refractivity contribution in [3.05, 3.63) is 27.5 Å². The minimum absolute atomic E-state index is 0. The Labute approximate surface area is 216 Å². The summed E-state index contributed by atoms with van der Waals surface area (Å²) in [6.45, 7) is 8.42. The van der Waals surface area contributed by atoms with Crippen molar-refractivity contribution in [1.29, 1.82) is 0 Å². The Balaban J connectivity index is 0.000000253. The molecule has 0 spiro atoms. The first-order valence-corrected chi connectivity index (χ1v) is 11.9. The van der Waals surface area contributed by atoms with Crippen LogP contribution in [0.1, 0.15) is 33.7 Å². The summed E-state index contributed by atoms with van der Waals surface area (Å²) in [7, 11) is 0. The largest absolute Gasteiger partial charge is 0.383 e. The summed E-state index contributed by atoms with van der Waals surface area (Å²) >= 11 is 6.59. The quantitative estimate of drug-likeness (QED) is 0.147. The van der Waals surface area contributed by atoms with Crippen molar-refractivity contribution in [2.24, 2.45) is 0 Å². The Bertz CT molecular complexity index is 1090. The maximum Gasteiger partial charge on any atom is 0.187 e. The van der Waals surface area contributed by atoms with Crippen molar-refractivity contribution >= 4 is 101 Å². The number of nitrogen functional groups attached to an aromatic ring is 2. The Kier molecular flexibility index (Phi) is 10.8. The second-order valence-electron chi connectivity index (χ2n) is 6.30. The number of hydrogen-bond donors (Lipinski definition) is 3. The monoisotopic (exact) mass is 749 g/mol. The van der Waals surface area contributed by atoms with Gasteiger partial charge in [-0.15, -0.1) is 0 Å². The first kappa shape index (κ1) is 26.9. The molecule has 0 aromatic carbocycles. The van der Waals surface area contributed by atoms with Crippen LogP contribution in [0.25, 0.3) is 22.1 Å². The van der Waals surface area contributed by atoms with Crippen LogP contribution in [0.5, 0.6) is 0 Å². The number of nitrogens with one attached hydrogen (secondary N) is 1. The zero-order valence-electron chi connectivity index (χ0n) is 17.2. The third kappa shape index (κ3) is 6.69. The van der Waals surface area contributed by atoms with Crippen LogP contribution in [0.15, 0.2) is 12.7 Å². The number of nitrogens with two attached hydrogens (primary N) is 2. The number of rotatable bonds is 1. The Hall–Kier alpha value is -1.11. The fourth-order valence-corrected chi connectivity index (χ4v) is 3.54. The molecular formula is C17H24I3N10-. The van der Waals surface area contributed by atoms with Crippen molar-refractivity contribution < 1.29 is 0 Å².